The maximum absolute atomic E-state index is 14.0. The lowest BCUT2D eigenvalue weighted by Gasteiger charge is -2.27. The van der Waals surface area contributed by atoms with Crippen LogP contribution in [-0.2, 0) is 11.2 Å². The van der Waals surface area contributed by atoms with Gasteiger partial charge in [0.05, 0.1) is 30.0 Å². The average molecular weight is 606 g/mol. The van der Waals surface area contributed by atoms with Gasteiger partial charge < -0.3 is 25.4 Å². The highest BCUT2D eigenvalue weighted by molar-refractivity contribution is 6.34. The molecule has 1 heterocycles. The summed E-state index contributed by atoms with van der Waals surface area (Å²) in [6.45, 7) is 0.614. The minimum Gasteiger partial charge on any atom is -0.495 e. The maximum atomic E-state index is 14.0. The number of hydrogen-bond donors (Lipinski definition) is 3. The number of anilines is 2. The van der Waals surface area contributed by atoms with E-state index in [1.807, 2.05) is 18.2 Å². The molecule has 8 nitrogen and oxygen atoms in total. The molecular weight excluding hydrogens is 573 g/mol. The van der Waals surface area contributed by atoms with Crippen LogP contribution < -0.4 is 20.3 Å². The fraction of sp³-hybridized carbons (Fsp3) is 0.303. The summed E-state index contributed by atoms with van der Waals surface area (Å²) in [5.74, 6) is -1.32. The Balaban J connectivity index is 1.36. The molecule has 0 aromatic heterocycles. The van der Waals surface area contributed by atoms with Gasteiger partial charge in [-0.2, -0.15) is 0 Å². The lowest BCUT2D eigenvalue weighted by molar-refractivity contribution is -0.116. The predicted octanol–water partition coefficient (Wildman–Crippen LogP) is 5.54. The van der Waals surface area contributed by atoms with Crippen molar-refractivity contribution in [3.8, 4) is 5.75 Å². The van der Waals surface area contributed by atoms with Crippen LogP contribution in [0.15, 0.2) is 72.3 Å². The van der Waals surface area contributed by atoms with Crippen molar-refractivity contribution in [2.75, 3.05) is 37.0 Å². The van der Waals surface area contributed by atoms with Crippen LogP contribution in [0.3, 0.4) is 0 Å². The molecule has 3 aromatic carbocycles. The second-order valence-corrected chi connectivity index (χ2v) is 11.4. The number of carbonyl (C=O) groups excluding carboxylic acids is 3. The summed E-state index contributed by atoms with van der Waals surface area (Å²) in [4.78, 5) is 40.8. The van der Waals surface area contributed by atoms with Crippen molar-refractivity contribution in [1.82, 2.24) is 5.32 Å². The third-order valence-electron chi connectivity index (χ3n) is 8.15. The number of fused-ring (bicyclic) bond motifs is 1. The molecule has 0 unspecified atom stereocenters. The standard InChI is InChI=1S/C33H33ClFN3O5/c1-43-29-17-22(6-9-27(29)37-31(41)25-18-24(35)7-8-26(25)34)32(42)38-14-12-33(20-23-4-2-3-5-28(23)38)11-10-21(19-33)16-30(40)36-13-15-39/h2-9,16-18,39H,10-15,19-20H2,1H3,(H,36,40)(H,37,41)/t33-/m1/s1. The fourth-order valence-electron chi connectivity index (χ4n) is 6.03. The minimum atomic E-state index is -0.607. The van der Waals surface area contributed by atoms with Crippen LogP contribution in [0.5, 0.6) is 5.75 Å². The van der Waals surface area contributed by atoms with E-state index in [1.54, 1.807) is 29.2 Å². The number of nitrogens with one attached hydrogen (secondary N) is 2. The van der Waals surface area contributed by atoms with Crippen molar-refractivity contribution in [2.45, 2.75) is 32.1 Å². The zero-order chi connectivity index (χ0) is 30.6. The van der Waals surface area contributed by atoms with E-state index in [-0.39, 0.29) is 46.7 Å². The molecule has 0 radical (unpaired) electrons. The minimum absolute atomic E-state index is 0.0188. The summed E-state index contributed by atoms with van der Waals surface area (Å²) in [7, 11) is 1.44. The van der Waals surface area contributed by atoms with Gasteiger partial charge in [0.15, 0.2) is 0 Å². The lowest BCUT2D eigenvalue weighted by Crippen LogP contribution is -2.33. The Hall–Kier alpha value is -4.21. The molecule has 10 heteroatoms. The third-order valence-corrected chi connectivity index (χ3v) is 8.48. The molecule has 0 bridgehead atoms. The monoisotopic (exact) mass is 605 g/mol. The number of hydrogen-bond acceptors (Lipinski definition) is 5. The van der Waals surface area contributed by atoms with Gasteiger partial charge in [0.25, 0.3) is 11.8 Å². The van der Waals surface area contributed by atoms with Crippen LogP contribution >= 0.6 is 11.6 Å². The molecule has 3 aromatic rings. The highest BCUT2D eigenvalue weighted by Crippen LogP contribution is 2.49. The summed E-state index contributed by atoms with van der Waals surface area (Å²) in [6, 6.07) is 16.2. The molecular formula is C33H33ClFN3O5. The van der Waals surface area contributed by atoms with Gasteiger partial charge >= 0.3 is 0 Å². The second kappa shape index (κ2) is 13.0. The number of amides is 3. The van der Waals surface area contributed by atoms with E-state index in [9.17, 15) is 18.8 Å². The maximum Gasteiger partial charge on any atom is 0.258 e. The number of carbonyl (C=O) groups is 3. The number of aliphatic hydroxyl groups is 1. The molecule has 1 aliphatic heterocycles. The van der Waals surface area contributed by atoms with Crippen LogP contribution in [0.1, 0.15) is 52.0 Å². The van der Waals surface area contributed by atoms with E-state index in [4.69, 9.17) is 21.4 Å². The van der Waals surface area contributed by atoms with Crippen molar-refractivity contribution in [3.05, 3.63) is 99.8 Å². The highest BCUT2D eigenvalue weighted by Gasteiger charge is 2.40. The van der Waals surface area contributed by atoms with Crippen molar-refractivity contribution in [2.24, 2.45) is 5.41 Å². The molecule has 1 spiro atoms. The topological polar surface area (TPSA) is 108 Å². The molecule has 1 atom stereocenters. The summed E-state index contributed by atoms with van der Waals surface area (Å²) in [5.41, 5.74) is 3.61. The Kier molecular flexibility index (Phi) is 9.13. The number of halogens is 2. The molecule has 3 N–H and O–H groups in total. The number of para-hydroxylation sites is 1. The average Bonchev–Trinajstić information content (AvgIpc) is 3.31. The molecule has 1 fully saturated rings. The highest BCUT2D eigenvalue weighted by atomic mass is 35.5. The largest absolute Gasteiger partial charge is 0.495 e. The van der Waals surface area contributed by atoms with Gasteiger partial charge in [0, 0.05) is 30.4 Å². The van der Waals surface area contributed by atoms with E-state index in [1.165, 1.54) is 19.2 Å². The van der Waals surface area contributed by atoms with Gasteiger partial charge in [-0.05, 0) is 85.5 Å². The molecule has 224 valence electrons. The first kappa shape index (κ1) is 30.3. The Morgan fingerprint density at radius 2 is 1.91 bits per heavy atom. The summed E-state index contributed by atoms with van der Waals surface area (Å²) in [5, 5.41) is 14.5. The predicted molar refractivity (Wildman–Crippen MR) is 163 cm³/mol. The molecule has 0 saturated heterocycles. The van der Waals surface area contributed by atoms with Crippen molar-refractivity contribution in [1.29, 1.82) is 0 Å². The Morgan fingerprint density at radius 3 is 2.70 bits per heavy atom. The van der Waals surface area contributed by atoms with Crippen molar-refractivity contribution >= 4 is 40.7 Å². The van der Waals surface area contributed by atoms with Gasteiger partial charge in [-0.1, -0.05) is 35.4 Å². The normalized spacial score (nSPS) is 18.7. The van der Waals surface area contributed by atoms with E-state index in [0.717, 1.165) is 55.0 Å². The molecule has 1 saturated carbocycles. The molecule has 2 aliphatic rings. The number of benzene rings is 3. The molecule has 1 aliphatic carbocycles. The fourth-order valence-corrected chi connectivity index (χ4v) is 6.23. The zero-order valence-electron chi connectivity index (χ0n) is 23.8. The van der Waals surface area contributed by atoms with Crippen LogP contribution in [0.25, 0.3) is 0 Å². The number of rotatable bonds is 7. The lowest BCUT2D eigenvalue weighted by atomic mass is 9.77. The van der Waals surface area contributed by atoms with Crippen LogP contribution in [0.4, 0.5) is 15.8 Å². The SMILES string of the molecule is COc1cc(C(=O)N2CC[C@@]3(CCC(=CC(=O)NCCO)C3)Cc3ccccc32)ccc1NC(=O)c1cc(F)ccc1Cl. The Labute approximate surface area is 254 Å². The summed E-state index contributed by atoms with van der Waals surface area (Å²) < 4.78 is 19.2. The number of ether oxygens (including phenoxy) is 1. The van der Waals surface area contributed by atoms with Crippen LogP contribution in [0, 0.1) is 11.2 Å². The summed E-state index contributed by atoms with van der Waals surface area (Å²) in [6.07, 6.45) is 5.71. The van der Waals surface area contributed by atoms with Crippen molar-refractivity contribution < 1.29 is 28.6 Å². The first-order valence-corrected chi connectivity index (χ1v) is 14.5. The number of aliphatic hydroxyl groups excluding tert-OH is 1. The van der Waals surface area contributed by atoms with Gasteiger partial charge in [0.2, 0.25) is 5.91 Å². The van der Waals surface area contributed by atoms with Crippen molar-refractivity contribution in [3.63, 3.8) is 0 Å². The second-order valence-electron chi connectivity index (χ2n) is 11.0. The Bertz CT molecular complexity index is 1590. The van der Waals surface area contributed by atoms with E-state index in [2.05, 4.69) is 16.7 Å². The van der Waals surface area contributed by atoms with E-state index >= 15 is 0 Å². The van der Waals surface area contributed by atoms with E-state index in [0.29, 0.717) is 17.8 Å². The Morgan fingerprint density at radius 1 is 1.09 bits per heavy atom. The summed E-state index contributed by atoms with van der Waals surface area (Å²) >= 11 is 6.09. The van der Waals surface area contributed by atoms with Gasteiger partial charge in [0.1, 0.15) is 11.6 Å². The zero-order valence-corrected chi connectivity index (χ0v) is 24.5. The first-order chi connectivity index (χ1) is 20.7. The number of nitrogens with zero attached hydrogens (tertiary/aromatic N) is 1. The molecule has 3 amide bonds. The molecule has 5 rings (SSSR count). The van der Waals surface area contributed by atoms with Gasteiger partial charge in [-0.15, -0.1) is 0 Å². The van der Waals surface area contributed by atoms with Gasteiger partial charge in [-0.25, -0.2) is 4.39 Å². The first-order valence-electron chi connectivity index (χ1n) is 14.1. The van der Waals surface area contributed by atoms with Crippen LogP contribution in [0.2, 0.25) is 5.02 Å². The van der Waals surface area contributed by atoms with Crippen LogP contribution in [-0.4, -0.2) is 49.6 Å². The molecule has 43 heavy (non-hydrogen) atoms. The number of methoxy groups -OCH3 is 1. The van der Waals surface area contributed by atoms with E-state index < -0.39 is 11.7 Å². The van der Waals surface area contributed by atoms with Gasteiger partial charge in [-0.3, -0.25) is 14.4 Å². The quantitative estimate of drug-likeness (QED) is 0.307. The third kappa shape index (κ3) is 6.73. The smallest absolute Gasteiger partial charge is 0.258 e. The number of allylic oxidation sites excluding steroid dienone is 1.